The standard InChI is InChI=1S/C23H21NO/c1-23(2,3)24-15-20(18-12-6-7-14-21(18)24)22(25)19-13-8-10-16-9-4-5-11-17(16)19/h4-15H,1-3H3. The predicted octanol–water partition coefficient (Wildman–Crippen LogP) is 5.78. The molecule has 0 aliphatic heterocycles. The number of ketones is 1. The van der Waals surface area contributed by atoms with Crippen molar-refractivity contribution in [1.29, 1.82) is 0 Å². The summed E-state index contributed by atoms with van der Waals surface area (Å²) in [6.07, 6.45) is 2.01. The fourth-order valence-electron chi connectivity index (χ4n) is 3.48. The van der Waals surface area contributed by atoms with Gasteiger partial charge in [-0.05, 0) is 37.6 Å². The van der Waals surface area contributed by atoms with Crippen LogP contribution in [0, 0.1) is 0 Å². The fraction of sp³-hybridized carbons (Fsp3) is 0.174. The summed E-state index contributed by atoms with van der Waals surface area (Å²) in [6.45, 7) is 6.48. The Hall–Kier alpha value is -2.87. The Labute approximate surface area is 147 Å². The molecule has 1 heterocycles. The van der Waals surface area contributed by atoms with Gasteiger partial charge in [0.1, 0.15) is 0 Å². The van der Waals surface area contributed by atoms with E-state index >= 15 is 0 Å². The third kappa shape index (κ3) is 2.54. The van der Waals surface area contributed by atoms with Crippen molar-refractivity contribution >= 4 is 27.5 Å². The molecule has 0 fully saturated rings. The molecule has 0 spiro atoms. The molecular formula is C23H21NO. The number of nitrogens with zero attached hydrogens (tertiary/aromatic N) is 1. The van der Waals surface area contributed by atoms with Crippen LogP contribution in [0.5, 0.6) is 0 Å². The van der Waals surface area contributed by atoms with Gasteiger partial charge in [0, 0.05) is 33.8 Å². The normalized spacial score (nSPS) is 12.0. The quantitative estimate of drug-likeness (QED) is 0.428. The number of fused-ring (bicyclic) bond motifs is 2. The number of hydrogen-bond acceptors (Lipinski definition) is 1. The molecule has 4 aromatic rings. The lowest BCUT2D eigenvalue weighted by Gasteiger charge is -2.22. The molecule has 2 heteroatoms. The maximum atomic E-state index is 13.4. The molecule has 0 amide bonds. The van der Waals surface area contributed by atoms with Gasteiger partial charge in [0.2, 0.25) is 0 Å². The van der Waals surface area contributed by atoms with Gasteiger partial charge >= 0.3 is 0 Å². The molecule has 0 saturated carbocycles. The first-order valence-corrected chi connectivity index (χ1v) is 8.60. The van der Waals surface area contributed by atoms with Gasteiger partial charge in [0.05, 0.1) is 0 Å². The maximum Gasteiger partial charge on any atom is 0.195 e. The zero-order valence-corrected chi connectivity index (χ0v) is 14.8. The maximum absolute atomic E-state index is 13.4. The number of para-hydroxylation sites is 1. The van der Waals surface area contributed by atoms with Crippen LogP contribution in [0.2, 0.25) is 0 Å². The fourth-order valence-corrected chi connectivity index (χ4v) is 3.48. The molecule has 2 nitrogen and oxygen atoms in total. The van der Waals surface area contributed by atoms with Gasteiger partial charge in [0.25, 0.3) is 0 Å². The first-order chi connectivity index (χ1) is 12.0. The van der Waals surface area contributed by atoms with E-state index in [1.54, 1.807) is 0 Å². The van der Waals surface area contributed by atoms with Crippen LogP contribution in [0.25, 0.3) is 21.7 Å². The van der Waals surface area contributed by atoms with Crippen molar-refractivity contribution < 1.29 is 4.79 Å². The van der Waals surface area contributed by atoms with Crippen molar-refractivity contribution in [2.45, 2.75) is 26.3 Å². The second-order valence-corrected chi connectivity index (χ2v) is 7.46. The summed E-state index contributed by atoms with van der Waals surface area (Å²) in [5.74, 6) is 0.0796. The summed E-state index contributed by atoms with van der Waals surface area (Å²) >= 11 is 0. The molecule has 0 N–H and O–H groups in total. The lowest BCUT2D eigenvalue weighted by Crippen LogP contribution is -2.20. The predicted molar refractivity (Wildman–Crippen MR) is 104 cm³/mol. The Balaban J connectivity index is 1.97. The second-order valence-electron chi connectivity index (χ2n) is 7.46. The third-order valence-corrected chi connectivity index (χ3v) is 4.71. The van der Waals surface area contributed by atoms with E-state index < -0.39 is 0 Å². The summed E-state index contributed by atoms with van der Waals surface area (Å²) in [5, 5.41) is 3.10. The highest BCUT2D eigenvalue weighted by Gasteiger charge is 2.22. The molecule has 0 aliphatic rings. The Kier molecular flexibility index (Phi) is 3.50. The van der Waals surface area contributed by atoms with Crippen molar-refractivity contribution in [3.63, 3.8) is 0 Å². The largest absolute Gasteiger partial charge is 0.341 e. The molecule has 0 saturated heterocycles. The third-order valence-electron chi connectivity index (χ3n) is 4.71. The average molecular weight is 327 g/mol. The van der Waals surface area contributed by atoms with Crippen molar-refractivity contribution in [2.24, 2.45) is 0 Å². The van der Waals surface area contributed by atoms with Crippen molar-refractivity contribution in [3.8, 4) is 0 Å². The number of carbonyl (C=O) groups is 1. The van der Waals surface area contributed by atoms with E-state index in [0.29, 0.717) is 0 Å². The minimum absolute atomic E-state index is 0.0796. The van der Waals surface area contributed by atoms with Crippen molar-refractivity contribution in [2.75, 3.05) is 0 Å². The molecule has 0 bridgehead atoms. The summed E-state index contributed by atoms with van der Waals surface area (Å²) in [4.78, 5) is 13.4. The lowest BCUT2D eigenvalue weighted by molar-refractivity contribution is 0.104. The lowest BCUT2D eigenvalue weighted by atomic mass is 9.97. The van der Waals surface area contributed by atoms with E-state index in [-0.39, 0.29) is 11.3 Å². The van der Waals surface area contributed by atoms with E-state index in [1.165, 1.54) is 0 Å². The minimum atomic E-state index is -0.0864. The molecule has 4 rings (SSSR count). The zero-order valence-electron chi connectivity index (χ0n) is 14.8. The van der Waals surface area contributed by atoms with Crippen LogP contribution in [-0.4, -0.2) is 10.4 Å². The number of carbonyl (C=O) groups excluding carboxylic acids is 1. The van der Waals surface area contributed by atoms with Gasteiger partial charge < -0.3 is 4.57 Å². The van der Waals surface area contributed by atoms with E-state index in [1.807, 2.05) is 66.9 Å². The molecule has 1 aromatic heterocycles. The summed E-state index contributed by atoms with van der Waals surface area (Å²) < 4.78 is 2.20. The highest BCUT2D eigenvalue weighted by molar-refractivity contribution is 6.21. The summed E-state index contributed by atoms with van der Waals surface area (Å²) in [5.41, 5.74) is 2.53. The number of aromatic nitrogens is 1. The number of hydrogen-bond donors (Lipinski definition) is 0. The van der Waals surface area contributed by atoms with Crippen LogP contribution < -0.4 is 0 Å². The van der Waals surface area contributed by atoms with E-state index in [9.17, 15) is 4.79 Å². The topological polar surface area (TPSA) is 22.0 Å². The SMILES string of the molecule is CC(C)(C)n1cc(C(=O)c2cccc3ccccc23)c2ccccc21. The molecule has 25 heavy (non-hydrogen) atoms. The van der Waals surface area contributed by atoms with Crippen LogP contribution in [0.4, 0.5) is 0 Å². The van der Waals surface area contributed by atoms with Crippen molar-refractivity contribution in [3.05, 3.63) is 84.1 Å². The van der Waals surface area contributed by atoms with Gasteiger partial charge in [0.15, 0.2) is 5.78 Å². The molecule has 0 atom stereocenters. The second kappa shape index (κ2) is 5.59. The molecule has 3 aromatic carbocycles. The highest BCUT2D eigenvalue weighted by atomic mass is 16.1. The van der Waals surface area contributed by atoms with E-state index in [4.69, 9.17) is 0 Å². The molecule has 124 valence electrons. The van der Waals surface area contributed by atoms with Crippen LogP contribution in [-0.2, 0) is 5.54 Å². The van der Waals surface area contributed by atoms with Gasteiger partial charge in [-0.3, -0.25) is 4.79 Å². The van der Waals surface area contributed by atoms with Gasteiger partial charge in [-0.15, -0.1) is 0 Å². The Morgan fingerprint density at radius 1 is 0.760 bits per heavy atom. The first kappa shape index (κ1) is 15.6. The minimum Gasteiger partial charge on any atom is -0.341 e. The van der Waals surface area contributed by atoms with E-state index in [2.05, 4.69) is 31.4 Å². The Bertz CT molecular complexity index is 1090. The zero-order chi connectivity index (χ0) is 17.6. The smallest absolute Gasteiger partial charge is 0.195 e. The monoisotopic (exact) mass is 327 g/mol. The molecular weight excluding hydrogens is 306 g/mol. The average Bonchev–Trinajstić information content (AvgIpc) is 3.01. The Morgan fingerprint density at radius 2 is 1.40 bits per heavy atom. The van der Waals surface area contributed by atoms with Crippen LogP contribution in [0.1, 0.15) is 36.7 Å². The first-order valence-electron chi connectivity index (χ1n) is 8.60. The Morgan fingerprint density at radius 3 is 2.16 bits per heavy atom. The van der Waals surface area contributed by atoms with Gasteiger partial charge in [-0.25, -0.2) is 0 Å². The highest BCUT2D eigenvalue weighted by Crippen LogP contribution is 2.30. The van der Waals surface area contributed by atoms with E-state index in [0.717, 1.165) is 32.8 Å². The van der Waals surface area contributed by atoms with Crippen LogP contribution in [0.3, 0.4) is 0 Å². The molecule has 0 radical (unpaired) electrons. The molecule has 0 aliphatic carbocycles. The van der Waals surface area contributed by atoms with Gasteiger partial charge in [-0.1, -0.05) is 60.7 Å². The van der Waals surface area contributed by atoms with Crippen LogP contribution in [0.15, 0.2) is 72.9 Å². The molecule has 0 unspecified atom stereocenters. The van der Waals surface area contributed by atoms with Crippen LogP contribution >= 0.6 is 0 Å². The summed E-state index contributed by atoms with van der Waals surface area (Å²) in [7, 11) is 0. The number of rotatable bonds is 2. The number of benzene rings is 3. The van der Waals surface area contributed by atoms with Gasteiger partial charge in [-0.2, -0.15) is 0 Å². The van der Waals surface area contributed by atoms with Crippen molar-refractivity contribution in [1.82, 2.24) is 4.57 Å². The summed E-state index contributed by atoms with van der Waals surface area (Å²) in [6, 6.07) is 22.1.